The van der Waals surface area contributed by atoms with Gasteiger partial charge in [0, 0.05) is 0 Å². The molecule has 0 fully saturated rings. The van der Waals surface area contributed by atoms with Crippen LogP contribution in [-0.2, 0) is 4.79 Å². The van der Waals surface area contributed by atoms with Crippen LogP contribution in [0.2, 0.25) is 0 Å². The highest BCUT2D eigenvalue weighted by Gasteiger charge is 2.11. The fourth-order valence-electron chi connectivity index (χ4n) is 0.745. The molecule has 13 heavy (non-hydrogen) atoms. The molecule has 0 aromatic heterocycles. The van der Waals surface area contributed by atoms with Crippen LogP contribution in [0, 0.1) is 0 Å². The van der Waals surface area contributed by atoms with Crippen LogP contribution in [0.25, 0.3) is 0 Å². The van der Waals surface area contributed by atoms with Gasteiger partial charge in [-0.1, -0.05) is 12.1 Å². The lowest BCUT2D eigenvalue weighted by Crippen LogP contribution is -2.30. The van der Waals surface area contributed by atoms with E-state index < -0.39 is 12.0 Å². The lowest BCUT2D eigenvalue weighted by atomic mass is 10.3. The van der Waals surface area contributed by atoms with E-state index in [1.165, 1.54) is 19.1 Å². The number of para-hydroxylation sites is 2. The maximum atomic E-state index is 11.0. The monoisotopic (exact) mass is 181 g/mol. The molecular weight excluding hydrogens is 170 g/mol. The number of hydrogen-bond acceptors (Lipinski definition) is 4. The molecule has 0 spiro atoms. The molecule has 0 heterocycles. The predicted molar refractivity (Wildman–Crippen MR) is 47.4 cm³/mol. The van der Waals surface area contributed by atoms with Gasteiger partial charge in [-0.3, -0.25) is 0 Å². The van der Waals surface area contributed by atoms with Crippen molar-refractivity contribution in [1.82, 2.24) is 0 Å². The number of benzene rings is 1. The number of phenols is 1. The summed E-state index contributed by atoms with van der Waals surface area (Å²) in [6.45, 7) is 1.52. The minimum atomic E-state index is -0.695. The Labute approximate surface area is 75.9 Å². The van der Waals surface area contributed by atoms with Gasteiger partial charge in [0.25, 0.3) is 0 Å². The van der Waals surface area contributed by atoms with Crippen molar-refractivity contribution in [2.24, 2.45) is 5.73 Å². The number of hydrogen-bond donors (Lipinski definition) is 2. The van der Waals surface area contributed by atoms with Gasteiger partial charge in [-0.25, -0.2) is 4.79 Å². The van der Waals surface area contributed by atoms with Crippen molar-refractivity contribution in [2.75, 3.05) is 0 Å². The molecule has 0 unspecified atom stereocenters. The standard InChI is InChI=1S/C9H11NO3/c1-6(10)9(12)13-8-5-3-2-4-7(8)11/h2-6,11H,10H2,1H3/t6-/m0/s1. The van der Waals surface area contributed by atoms with E-state index >= 15 is 0 Å². The Morgan fingerprint density at radius 3 is 2.69 bits per heavy atom. The number of carbonyl (C=O) groups excluding carboxylic acids is 1. The minimum absolute atomic E-state index is 0.0727. The van der Waals surface area contributed by atoms with Crippen molar-refractivity contribution in [3.63, 3.8) is 0 Å². The van der Waals surface area contributed by atoms with Crippen LogP contribution in [0.15, 0.2) is 24.3 Å². The second-order valence-electron chi connectivity index (χ2n) is 2.68. The second-order valence-corrected chi connectivity index (χ2v) is 2.68. The van der Waals surface area contributed by atoms with Crippen LogP contribution in [0.4, 0.5) is 0 Å². The number of phenolic OH excluding ortho intramolecular Hbond substituents is 1. The van der Waals surface area contributed by atoms with Gasteiger partial charge in [-0.15, -0.1) is 0 Å². The molecule has 0 radical (unpaired) electrons. The molecule has 1 atom stereocenters. The molecule has 4 heteroatoms. The second kappa shape index (κ2) is 3.91. The molecule has 0 aliphatic heterocycles. The van der Waals surface area contributed by atoms with Gasteiger partial charge in [0.05, 0.1) is 0 Å². The van der Waals surface area contributed by atoms with E-state index in [9.17, 15) is 9.90 Å². The molecule has 1 aromatic carbocycles. The molecule has 1 aromatic rings. The molecule has 4 nitrogen and oxygen atoms in total. The Bertz CT molecular complexity index is 309. The van der Waals surface area contributed by atoms with Gasteiger partial charge >= 0.3 is 5.97 Å². The summed E-state index contributed by atoms with van der Waals surface area (Å²) in [5.41, 5.74) is 5.28. The van der Waals surface area contributed by atoms with Crippen molar-refractivity contribution in [3.8, 4) is 11.5 Å². The summed E-state index contributed by atoms with van der Waals surface area (Å²) in [6, 6.07) is 5.53. The lowest BCUT2D eigenvalue weighted by Gasteiger charge is -2.07. The summed E-state index contributed by atoms with van der Waals surface area (Å²) in [4.78, 5) is 11.0. The van der Waals surface area contributed by atoms with E-state index in [1.54, 1.807) is 12.1 Å². The maximum Gasteiger partial charge on any atom is 0.328 e. The maximum absolute atomic E-state index is 11.0. The van der Waals surface area contributed by atoms with Gasteiger partial charge in [0.1, 0.15) is 6.04 Å². The van der Waals surface area contributed by atoms with Crippen molar-refractivity contribution in [2.45, 2.75) is 13.0 Å². The topological polar surface area (TPSA) is 72.6 Å². The van der Waals surface area contributed by atoms with Crippen LogP contribution in [-0.4, -0.2) is 17.1 Å². The summed E-state index contributed by atoms with van der Waals surface area (Å²) in [5.74, 6) is -0.511. The number of ether oxygens (including phenoxy) is 1. The third kappa shape index (κ3) is 2.45. The Balaban J connectivity index is 2.75. The Hall–Kier alpha value is -1.55. The molecule has 0 amide bonds. The Morgan fingerprint density at radius 2 is 2.15 bits per heavy atom. The summed E-state index contributed by atoms with van der Waals surface area (Å²) < 4.78 is 4.79. The fraction of sp³-hybridized carbons (Fsp3) is 0.222. The van der Waals surface area contributed by atoms with E-state index in [-0.39, 0.29) is 11.5 Å². The molecule has 0 aliphatic carbocycles. The summed E-state index contributed by atoms with van der Waals surface area (Å²) in [5, 5.41) is 9.22. The van der Waals surface area contributed by atoms with Crippen LogP contribution in [0.1, 0.15) is 6.92 Å². The Kier molecular flexibility index (Phi) is 2.87. The van der Waals surface area contributed by atoms with Crippen molar-refractivity contribution >= 4 is 5.97 Å². The molecule has 70 valence electrons. The molecule has 3 N–H and O–H groups in total. The number of aromatic hydroxyl groups is 1. The van der Waals surface area contributed by atoms with E-state index in [1.807, 2.05) is 0 Å². The first kappa shape index (κ1) is 9.54. The van der Waals surface area contributed by atoms with Crippen LogP contribution < -0.4 is 10.5 Å². The van der Waals surface area contributed by atoms with Gasteiger partial charge in [0.2, 0.25) is 0 Å². The normalized spacial score (nSPS) is 12.2. The zero-order chi connectivity index (χ0) is 9.84. The SMILES string of the molecule is C[C@H](N)C(=O)Oc1ccccc1O. The molecule has 0 bridgehead atoms. The highest BCUT2D eigenvalue weighted by atomic mass is 16.5. The lowest BCUT2D eigenvalue weighted by molar-refractivity contribution is -0.135. The third-order valence-corrected chi connectivity index (χ3v) is 1.45. The van der Waals surface area contributed by atoms with Gasteiger partial charge < -0.3 is 15.6 Å². The van der Waals surface area contributed by atoms with Crippen LogP contribution >= 0.6 is 0 Å². The van der Waals surface area contributed by atoms with E-state index in [0.717, 1.165) is 0 Å². The molecule has 1 rings (SSSR count). The number of rotatable bonds is 2. The zero-order valence-corrected chi connectivity index (χ0v) is 7.23. The zero-order valence-electron chi connectivity index (χ0n) is 7.23. The average molecular weight is 181 g/mol. The van der Waals surface area contributed by atoms with E-state index in [0.29, 0.717) is 0 Å². The first-order valence-electron chi connectivity index (χ1n) is 3.86. The number of esters is 1. The van der Waals surface area contributed by atoms with Gasteiger partial charge in [0.15, 0.2) is 11.5 Å². The van der Waals surface area contributed by atoms with Crippen LogP contribution in [0.3, 0.4) is 0 Å². The first-order chi connectivity index (χ1) is 6.11. The largest absolute Gasteiger partial charge is 0.504 e. The predicted octanol–water partition coefficient (Wildman–Crippen LogP) is 0.645. The first-order valence-corrected chi connectivity index (χ1v) is 3.86. The van der Waals surface area contributed by atoms with Crippen LogP contribution in [0.5, 0.6) is 11.5 Å². The molecular formula is C9H11NO3. The fourth-order valence-corrected chi connectivity index (χ4v) is 0.745. The molecule has 0 saturated heterocycles. The highest BCUT2D eigenvalue weighted by molar-refractivity contribution is 5.78. The summed E-state index contributed by atoms with van der Waals surface area (Å²) in [7, 11) is 0. The third-order valence-electron chi connectivity index (χ3n) is 1.45. The van der Waals surface area contributed by atoms with Gasteiger partial charge in [-0.05, 0) is 19.1 Å². The quantitative estimate of drug-likeness (QED) is 0.519. The minimum Gasteiger partial charge on any atom is -0.504 e. The highest BCUT2D eigenvalue weighted by Crippen LogP contribution is 2.24. The van der Waals surface area contributed by atoms with Gasteiger partial charge in [-0.2, -0.15) is 0 Å². The molecule has 0 aliphatic rings. The van der Waals surface area contributed by atoms with Crippen molar-refractivity contribution < 1.29 is 14.6 Å². The summed E-state index contributed by atoms with van der Waals surface area (Å²) in [6.07, 6.45) is 0. The van der Waals surface area contributed by atoms with E-state index in [2.05, 4.69) is 0 Å². The molecule has 0 saturated carbocycles. The van der Waals surface area contributed by atoms with E-state index in [4.69, 9.17) is 10.5 Å². The van der Waals surface area contributed by atoms with Crippen molar-refractivity contribution in [3.05, 3.63) is 24.3 Å². The number of nitrogens with two attached hydrogens (primary N) is 1. The average Bonchev–Trinajstić information content (AvgIpc) is 2.08. The number of carbonyl (C=O) groups is 1. The van der Waals surface area contributed by atoms with Crippen molar-refractivity contribution in [1.29, 1.82) is 0 Å². The summed E-state index contributed by atoms with van der Waals surface area (Å²) >= 11 is 0. The Morgan fingerprint density at radius 1 is 1.54 bits per heavy atom. The smallest absolute Gasteiger partial charge is 0.328 e.